The number of hydrogen-bond acceptors (Lipinski definition) is 2. The Morgan fingerprint density at radius 2 is 1.25 bits per heavy atom. The lowest BCUT2D eigenvalue weighted by Crippen LogP contribution is -2.15. The zero-order chi connectivity index (χ0) is 15.3. The topological polar surface area (TPSA) is 54.4 Å². The van der Waals surface area contributed by atoms with E-state index in [1.54, 1.807) is 0 Å². The van der Waals surface area contributed by atoms with Gasteiger partial charge in [-0.05, 0) is 44.4 Å². The molecule has 1 N–H and O–H groups in total. The highest BCUT2D eigenvalue weighted by Crippen LogP contribution is 2.17. The Morgan fingerprint density at radius 3 is 1.60 bits per heavy atom. The number of unbranched alkanes of at least 4 members (excludes halogenated alkanes) is 2. The predicted octanol–water partition coefficient (Wildman–Crippen LogP) is 4.76. The number of rotatable bonds is 12. The van der Waals surface area contributed by atoms with Crippen molar-refractivity contribution in [2.24, 2.45) is 5.92 Å². The fraction of sp³-hybridized carbons (Fsp3) is 0.750. The van der Waals surface area contributed by atoms with Crippen molar-refractivity contribution in [2.45, 2.75) is 65.2 Å². The summed E-state index contributed by atoms with van der Waals surface area (Å²) in [6, 6.07) is 0. The summed E-state index contributed by atoms with van der Waals surface area (Å²) in [6.45, 7) is 4.27. The van der Waals surface area contributed by atoms with Crippen molar-refractivity contribution >= 4 is 10.1 Å². The first-order valence-corrected chi connectivity index (χ1v) is 9.35. The zero-order valence-corrected chi connectivity index (χ0v) is 13.7. The van der Waals surface area contributed by atoms with Gasteiger partial charge in [-0.1, -0.05) is 51.0 Å². The first-order valence-electron chi connectivity index (χ1n) is 7.74. The van der Waals surface area contributed by atoms with Gasteiger partial charge >= 0.3 is 0 Å². The van der Waals surface area contributed by atoms with Gasteiger partial charge in [0.2, 0.25) is 0 Å². The SMILES string of the molecule is CCC/C=C\CCC(CC/C=C\CCC)CS(=O)(=O)O. The molecule has 0 aromatic heterocycles. The van der Waals surface area contributed by atoms with Crippen LogP contribution in [0.1, 0.15) is 65.2 Å². The molecule has 0 aliphatic rings. The van der Waals surface area contributed by atoms with Gasteiger partial charge < -0.3 is 0 Å². The van der Waals surface area contributed by atoms with Crippen LogP contribution in [0, 0.1) is 5.92 Å². The van der Waals surface area contributed by atoms with Gasteiger partial charge in [-0.15, -0.1) is 0 Å². The van der Waals surface area contributed by atoms with Gasteiger partial charge in [-0.3, -0.25) is 4.55 Å². The van der Waals surface area contributed by atoms with Gasteiger partial charge in [-0.25, -0.2) is 0 Å². The summed E-state index contributed by atoms with van der Waals surface area (Å²) < 4.78 is 31.1. The van der Waals surface area contributed by atoms with Crippen LogP contribution < -0.4 is 0 Å². The van der Waals surface area contributed by atoms with Crippen molar-refractivity contribution in [2.75, 3.05) is 5.75 Å². The first kappa shape index (κ1) is 19.4. The molecular weight excluding hydrogens is 272 g/mol. The smallest absolute Gasteiger partial charge is 0.265 e. The molecule has 20 heavy (non-hydrogen) atoms. The Morgan fingerprint density at radius 1 is 0.850 bits per heavy atom. The van der Waals surface area contributed by atoms with Crippen molar-refractivity contribution in [1.29, 1.82) is 0 Å². The third-order valence-electron chi connectivity index (χ3n) is 3.17. The fourth-order valence-electron chi connectivity index (χ4n) is 2.08. The molecule has 4 heteroatoms. The largest absolute Gasteiger partial charge is 0.286 e. The molecule has 0 atom stereocenters. The van der Waals surface area contributed by atoms with E-state index in [2.05, 4.69) is 38.2 Å². The molecular formula is C16H30O3S. The highest BCUT2D eigenvalue weighted by molar-refractivity contribution is 7.85. The lowest BCUT2D eigenvalue weighted by atomic mass is 9.99. The third-order valence-corrected chi connectivity index (χ3v) is 4.07. The molecule has 0 bridgehead atoms. The van der Waals surface area contributed by atoms with E-state index in [0.29, 0.717) is 0 Å². The van der Waals surface area contributed by atoms with E-state index in [1.807, 2.05) is 0 Å². The Hall–Kier alpha value is -0.610. The summed E-state index contributed by atoms with van der Waals surface area (Å²) in [5.74, 6) is -0.0708. The molecule has 0 radical (unpaired) electrons. The second kappa shape index (κ2) is 12.2. The molecule has 0 aliphatic carbocycles. The fourth-order valence-corrected chi connectivity index (χ4v) is 3.01. The van der Waals surface area contributed by atoms with Crippen LogP contribution in [0.5, 0.6) is 0 Å². The third kappa shape index (κ3) is 13.8. The minimum Gasteiger partial charge on any atom is -0.286 e. The van der Waals surface area contributed by atoms with Crippen LogP contribution >= 0.6 is 0 Å². The molecule has 0 unspecified atom stereocenters. The average Bonchev–Trinajstić information content (AvgIpc) is 2.36. The molecule has 0 aromatic rings. The van der Waals surface area contributed by atoms with Crippen LogP contribution in [0.15, 0.2) is 24.3 Å². The summed E-state index contributed by atoms with van der Waals surface area (Å²) >= 11 is 0. The summed E-state index contributed by atoms with van der Waals surface area (Å²) in [5, 5.41) is 0. The van der Waals surface area contributed by atoms with Gasteiger partial charge in [0.15, 0.2) is 0 Å². The molecule has 0 amide bonds. The Labute approximate surface area is 124 Å². The lowest BCUT2D eigenvalue weighted by Gasteiger charge is -2.13. The van der Waals surface area contributed by atoms with E-state index in [-0.39, 0.29) is 11.7 Å². The first-order chi connectivity index (χ1) is 9.49. The molecule has 3 nitrogen and oxygen atoms in total. The van der Waals surface area contributed by atoms with Gasteiger partial charge in [-0.2, -0.15) is 8.42 Å². The minimum absolute atomic E-state index is 0.0440. The van der Waals surface area contributed by atoms with Crippen LogP contribution in [0.4, 0.5) is 0 Å². The number of allylic oxidation sites excluding steroid dienone is 4. The molecule has 0 rings (SSSR count). The van der Waals surface area contributed by atoms with Crippen LogP contribution in [0.2, 0.25) is 0 Å². The predicted molar refractivity (Wildman–Crippen MR) is 86.5 cm³/mol. The van der Waals surface area contributed by atoms with Gasteiger partial charge in [0, 0.05) is 0 Å². The quantitative estimate of drug-likeness (QED) is 0.417. The highest BCUT2D eigenvalue weighted by atomic mass is 32.2. The lowest BCUT2D eigenvalue weighted by molar-refractivity contribution is 0.443. The second-order valence-corrected chi connectivity index (χ2v) is 6.79. The standard InChI is InChI=1S/C16H30O3S/c1-3-5-7-9-11-13-16(15-20(17,18)19)14-12-10-8-6-4-2/h7-10,16H,3-6,11-15H2,1-2H3,(H,17,18,19)/b9-7-,10-8-. The normalized spacial score (nSPS) is 13.0. The molecule has 0 heterocycles. The molecule has 0 aromatic carbocycles. The van der Waals surface area contributed by atoms with Crippen molar-refractivity contribution in [3.8, 4) is 0 Å². The highest BCUT2D eigenvalue weighted by Gasteiger charge is 2.15. The van der Waals surface area contributed by atoms with Crippen molar-refractivity contribution < 1.29 is 13.0 Å². The number of hydrogen-bond donors (Lipinski definition) is 1. The average molecular weight is 302 g/mol. The Balaban J connectivity index is 4.13. The van der Waals surface area contributed by atoms with E-state index >= 15 is 0 Å². The monoisotopic (exact) mass is 302 g/mol. The van der Waals surface area contributed by atoms with E-state index in [1.165, 1.54) is 0 Å². The zero-order valence-electron chi connectivity index (χ0n) is 12.9. The maximum Gasteiger partial charge on any atom is 0.265 e. The molecule has 0 spiro atoms. The summed E-state index contributed by atoms with van der Waals surface area (Å²) in [7, 11) is -3.87. The van der Waals surface area contributed by atoms with Gasteiger partial charge in [0.25, 0.3) is 10.1 Å². The van der Waals surface area contributed by atoms with E-state index < -0.39 is 10.1 Å². The molecule has 0 fully saturated rings. The molecule has 0 aliphatic heterocycles. The Kier molecular flexibility index (Phi) is 11.8. The summed E-state index contributed by atoms with van der Waals surface area (Å²) in [4.78, 5) is 0. The second-order valence-electron chi connectivity index (χ2n) is 5.29. The van der Waals surface area contributed by atoms with E-state index in [9.17, 15) is 8.42 Å². The van der Waals surface area contributed by atoms with Crippen LogP contribution in [0.3, 0.4) is 0 Å². The van der Waals surface area contributed by atoms with Crippen molar-refractivity contribution in [3.63, 3.8) is 0 Å². The van der Waals surface area contributed by atoms with Gasteiger partial charge in [0.05, 0.1) is 5.75 Å². The summed E-state index contributed by atoms with van der Waals surface area (Å²) in [6.07, 6.45) is 16.4. The molecule has 118 valence electrons. The minimum atomic E-state index is -3.87. The van der Waals surface area contributed by atoms with Crippen molar-refractivity contribution in [1.82, 2.24) is 0 Å². The maximum atomic E-state index is 11.0. The van der Waals surface area contributed by atoms with Gasteiger partial charge in [0.1, 0.15) is 0 Å². The van der Waals surface area contributed by atoms with E-state index in [4.69, 9.17) is 4.55 Å². The van der Waals surface area contributed by atoms with Crippen molar-refractivity contribution in [3.05, 3.63) is 24.3 Å². The Bertz CT molecular complexity index is 349. The van der Waals surface area contributed by atoms with Crippen LogP contribution in [0.25, 0.3) is 0 Å². The van der Waals surface area contributed by atoms with Crippen LogP contribution in [-0.2, 0) is 10.1 Å². The summed E-state index contributed by atoms with van der Waals surface area (Å²) in [5.41, 5.74) is 0. The maximum absolute atomic E-state index is 11.0. The van der Waals surface area contributed by atoms with Crippen LogP contribution in [-0.4, -0.2) is 18.7 Å². The van der Waals surface area contributed by atoms with E-state index in [0.717, 1.165) is 51.4 Å². The molecule has 0 saturated carbocycles. The molecule has 0 saturated heterocycles.